The first-order valence-electron chi connectivity index (χ1n) is 7.95. The van der Waals surface area contributed by atoms with E-state index < -0.39 is 0 Å². The van der Waals surface area contributed by atoms with Crippen LogP contribution in [0, 0.1) is 12.7 Å². The number of carbonyl (C=O) groups is 1. The number of benzene rings is 2. The minimum absolute atomic E-state index is 0.0363. The van der Waals surface area contributed by atoms with Gasteiger partial charge in [-0.15, -0.1) is 0 Å². The molecular weight excluding hydrogens is 291 g/mol. The Hall–Kier alpha value is -2.36. The highest BCUT2D eigenvalue weighted by Gasteiger charge is 2.24. The van der Waals surface area contributed by atoms with Crippen molar-refractivity contribution in [1.82, 2.24) is 4.90 Å². The Labute approximate surface area is 135 Å². The number of rotatable bonds is 2. The quantitative estimate of drug-likeness (QED) is 0.859. The van der Waals surface area contributed by atoms with Crippen molar-refractivity contribution in [3.05, 3.63) is 65.0 Å². The molecule has 2 aromatic carbocycles. The van der Waals surface area contributed by atoms with E-state index in [1.807, 2.05) is 36.1 Å². The van der Waals surface area contributed by atoms with Crippen molar-refractivity contribution in [2.45, 2.75) is 25.7 Å². The number of nitrogen functional groups attached to an aromatic ring is 1. The van der Waals surface area contributed by atoms with E-state index in [0.29, 0.717) is 30.3 Å². The van der Waals surface area contributed by atoms with E-state index in [9.17, 15) is 9.18 Å². The second-order valence-electron chi connectivity index (χ2n) is 6.19. The standard InChI is InChI=1S/C19H21FN2O/c1-13-2-3-16(12-18(13)21)19(23)22-10-8-15(9-11-22)14-4-6-17(20)7-5-14/h2-7,12,15H,8-11,21H2,1H3. The molecule has 0 spiro atoms. The molecule has 0 atom stereocenters. The maximum Gasteiger partial charge on any atom is 0.253 e. The molecule has 3 rings (SSSR count). The van der Waals surface area contributed by atoms with Gasteiger partial charge in [0.05, 0.1) is 0 Å². The molecule has 0 aliphatic carbocycles. The summed E-state index contributed by atoms with van der Waals surface area (Å²) in [7, 11) is 0. The molecule has 4 heteroatoms. The highest BCUT2D eigenvalue weighted by Crippen LogP contribution is 2.29. The molecule has 23 heavy (non-hydrogen) atoms. The van der Waals surface area contributed by atoms with Crippen molar-refractivity contribution in [2.75, 3.05) is 18.8 Å². The molecule has 1 heterocycles. The number of anilines is 1. The molecule has 120 valence electrons. The Balaban J connectivity index is 1.65. The Morgan fingerprint density at radius 1 is 1.13 bits per heavy atom. The van der Waals surface area contributed by atoms with Gasteiger partial charge in [-0.1, -0.05) is 18.2 Å². The van der Waals surface area contributed by atoms with Crippen molar-refractivity contribution >= 4 is 11.6 Å². The van der Waals surface area contributed by atoms with Crippen LogP contribution in [0.15, 0.2) is 42.5 Å². The van der Waals surface area contributed by atoms with Crippen LogP contribution in [0.3, 0.4) is 0 Å². The van der Waals surface area contributed by atoms with Gasteiger partial charge in [-0.2, -0.15) is 0 Å². The van der Waals surface area contributed by atoms with Crippen LogP contribution in [-0.2, 0) is 0 Å². The van der Waals surface area contributed by atoms with E-state index in [4.69, 9.17) is 5.73 Å². The average Bonchev–Trinajstić information content (AvgIpc) is 2.57. The van der Waals surface area contributed by atoms with Crippen molar-refractivity contribution in [3.8, 4) is 0 Å². The highest BCUT2D eigenvalue weighted by atomic mass is 19.1. The Morgan fingerprint density at radius 2 is 1.78 bits per heavy atom. The summed E-state index contributed by atoms with van der Waals surface area (Å²) in [4.78, 5) is 14.5. The monoisotopic (exact) mass is 312 g/mol. The van der Waals surface area contributed by atoms with E-state index in [2.05, 4.69) is 0 Å². The molecule has 0 aromatic heterocycles. The number of amides is 1. The van der Waals surface area contributed by atoms with Crippen LogP contribution >= 0.6 is 0 Å². The summed E-state index contributed by atoms with van der Waals surface area (Å²) in [5.41, 5.74) is 9.33. The lowest BCUT2D eigenvalue weighted by molar-refractivity contribution is 0.0713. The highest BCUT2D eigenvalue weighted by molar-refractivity contribution is 5.95. The summed E-state index contributed by atoms with van der Waals surface area (Å²) in [5.74, 6) is 0.218. The van der Waals surface area contributed by atoms with Gasteiger partial charge in [-0.25, -0.2) is 4.39 Å². The molecule has 0 unspecified atom stereocenters. The largest absolute Gasteiger partial charge is 0.398 e. The van der Waals surface area contributed by atoms with Crippen molar-refractivity contribution in [3.63, 3.8) is 0 Å². The van der Waals surface area contributed by atoms with Gasteiger partial charge in [0, 0.05) is 24.3 Å². The van der Waals surface area contributed by atoms with Crippen LogP contribution in [0.5, 0.6) is 0 Å². The number of aryl methyl sites for hydroxylation is 1. The molecule has 0 saturated carbocycles. The first kappa shape index (κ1) is 15.5. The fourth-order valence-electron chi connectivity index (χ4n) is 3.11. The fourth-order valence-corrected chi connectivity index (χ4v) is 3.11. The van der Waals surface area contributed by atoms with Gasteiger partial charge in [-0.3, -0.25) is 4.79 Å². The molecule has 0 radical (unpaired) electrons. The van der Waals surface area contributed by atoms with E-state index in [1.54, 1.807) is 6.07 Å². The summed E-state index contributed by atoms with van der Waals surface area (Å²) < 4.78 is 13.0. The number of hydrogen-bond acceptors (Lipinski definition) is 2. The second-order valence-corrected chi connectivity index (χ2v) is 6.19. The normalized spacial score (nSPS) is 15.7. The fraction of sp³-hybridized carbons (Fsp3) is 0.316. The Bertz CT molecular complexity index is 704. The molecule has 0 bridgehead atoms. The van der Waals surface area contributed by atoms with Crippen LogP contribution in [0.25, 0.3) is 0 Å². The number of carbonyl (C=O) groups excluding carboxylic acids is 1. The molecule has 3 nitrogen and oxygen atoms in total. The lowest BCUT2D eigenvalue weighted by atomic mass is 9.89. The number of nitrogens with zero attached hydrogens (tertiary/aromatic N) is 1. The average molecular weight is 312 g/mol. The van der Waals surface area contributed by atoms with Gasteiger partial charge in [0.2, 0.25) is 0 Å². The van der Waals surface area contributed by atoms with Gasteiger partial charge >= 0.3 is 0 Å². The zero-order valence-electron chi connectivity index (χ0n) is 13.3. The van der Waals surface area contributed by atoms with Crippen molar-refractivity contribution in [1.29, 1.82) is 0 Å². The zero-order valence-corrected chi connectivity index (χ0v) is 13.3. The van der Waals surface area contributed by atoms with Gasteiger partial charge in [0.25, 0.3) is 5.91 Å². The third-order valence-corrected chi connectivity index (χ3v) is 4.65. The smallest absolute Gasteiger partial charge is 0.253 e. The van der Waals surface area contributed by atoms with Gasteiger partial charge in [-0.05, 0) is 61.1 Å². The number of piperidine rings is 1. The van der Waals surface area contributed by atoms with Crippen LogP contribution in [0.2, 0.25) is 0 Å². The first-order valence-corrected chi connectivity index (χ1v) is 7.95. The number of halogens is 1. The second kappa shape index (κ2) is 6.41. The maximum absolute atomic E-state index is 13.0. The minimum Gasteiger partial charge on any atom is -0.398 e. The predicted molar refractivity (Wildman–Crippen MR) is 89.9 cm³/mol. The van der Waals surface area contributed by atoms with Crippen LogP contribution in [-0.4, -0.2) is 23.9 Å². The number of nitrogens with two attached hydrogens (primary N) is 1. The van der Waals surface area contributed by atoms with Crippen molar-refractivity contribution in [2.24, 2.45) is 0 Å². The molecule has 1 amide bonds. The Kier molecular flexibility index (Phi) is 4.33. The van der Waals surface area contributed by atoms with Gasteiger partial charge in [0.1, 0.15) is 5.82 Å². The topological polar surface area (TPSA) is 46.3 Å². The molecule has 2 aromatic rings. The third-order valence-electron chi connectivity index (χ3n) is 4.65. The summed E-state index contributed by atoms with van der Waals surface area (Å²) in [5, 5.41) is 0. The van der Waals surface area contributed by atoms with E-state index in [-0.39, 0.29) is 11.7 Å². The van der Waals surface area contributed by atoms with E-state index in [0.717, 1.165) is 24.0 Å². The number of likely N-dealkylation sites (tertiary alicyclic amines) is 1. The Morgan fingerprint density at radius 3 is 2.39 bits per heavy atom. The summed E-state index contributed by atoms with van der Waals surface area (Å²) in [6.45, 7) is 3.36. The van der Waals surface area contributed by atoms with Gasteiger partial charge in [0.15, 0.2) is 0 Å². The first-order chi connectivity index (χ1) is 11.0. The predicted octanol–water partition coefficient (Wildman–Crippen LogP) is 3.74. The molecule has 1 aliphatic rings. The van der Waals surface area contributed by atoms with E-state index in [1.165, 1.54) is 12.1 Å². The van der Waals surface area contributed by atoms with Gasteiger partial charge < -0.3 is 10.6 Å². The molecular formula is C19H21FN2O. The zero-order chi connectivity index (χ0) is 16.4. The summed E-state index contributed by atoms with van der Waals surface area (Å²) in [6, 6.07) is 12.2. The van der Waals surface area contributed by atoms with Crippen molar-refractivity contribution < 1.29 is 9.18 Å². The van der Waals surface area contributed by atoms with Crippen LogP contribution in [0.1, 0.15) is 40.2 Å². The third kappa shape index (κ3) is 3.36. The molecule has 2 N–H and O–H groups in total. The summed E-state index contributed by atoms with van der Waals surface area (Å²) in [6.07, 6.45) is 1.80. The van der Waals surface area contributed by atoms with Crippen LogP contribution in [0.4, 0.5) is 10.1 Å². The lowest BCUT2D eigenvalue weighted by Gasteiger charge is -2.32. The van der Waals surface area contributed by atoms with E-state index >= 15 is 0 Å². The van der Waals surface area contributed by atoms with Crippen LogP contribution < -0.4 is 5.73 Å². The summed E-state index contributed by atoms with van der Waals surface area (Å²) >= 11 is 0. The minimum atomic E-state index is -0.210. The SMILES string of the molecule is Cc1ccc(C(=O)N2CCC(c3ccc(F)cc3)CC2)cc1N. The number of hydrogen-bond donors (Lipinski definition) is 1. The molecule has 1 aliphatic heterocycles. The molecule has 1 saturated heterocycles. The molecule has 1 fully saturated rings. The lowest BCUT2D eigenvalue weighted by Crippen LogP contribution is -2.37. The maximum atomic E-state index is 13.0.